The number of amides is 2. The van der Waals surface area contributed by atoms with E-state index in [0.717, 1.165) is 16.0 Å². The highest BCUT2D eigenvalue weighted by Gasteiger charge is 2.28. The summed E-state index contributed by atoms with van der Waals surface area (Å²) in [5.74, 6) is -1.89. The van der Waals surface area contributed by atoms with Crippen molar-refractivity contribution in [2.24, 2.45) is 0 Å². The Balaban J connectivity index is 1.72. The van der Waals surface area contributed by atoms with Gasteiger partial charge < -0.3 is 15.7 Å². The summed E-state index contributed by atoms with van der Waals surface area (Å²) in [4.78, 5) is 38.2. The lowest BCUT2D eigenvalue weighted by Gasteiger charge is -2.29. The first-order chi connectivity index (χ1) is 16.1. The molecule has 0 saturated heterocycles. The normalized spacial score (nSPS) is 12.1. The van der Waals surface area contributed by atoms with Gasteiger partial charge in [-0.15, -0.1) is 11.3 Å². The molecule has 0 saturated carbocycles. The zero-order chi connectivity index (χ0) is 24.7. The Kier molecular flexibility index (Phi) is 8.47. The minimum atomic E-state index is -1.04. The van der Waals surface area contributed by atoms with Gasteiger partial charge in [0, 0.05) is 27.4 Å². The Morgan fingerprint density at radius 2 is 1.79 bits per heavy atom. The van der Waals surface area contributed by atoms with Crippen molar-refractivity contribution in [3.8, 4) is 10.4 Å². The van der Waals surface area contributed by atoms with Crippen LogP contribution in [0.3, 0.4) is 0 Å². The number of nitrogens with one attached hydrogen (secondary N) is 2. The Hall–Kier alpha value is -3.16. The molecule has 0 bridgehead atoms. The Morgan fingerprint density at radius 3 is 2.44 bits per heavy atom. The average Bonchev–Trinajstić information content (AvgIpc) is 3.32. The van der Waals surface area contributed by atoms with Gasteiger partial charge in [0.2, 0.25) is 5.91 Å². The van der Waals surface area contributed by atoms with Gasteiger partial charge in [-0.2, -0.15) is 0 Å². The van der Waals surface area contributed by atoms with E-state index < -0.39 is 29.4 Å². The fourth-order valence-electron chi connectivity index (χ4n) is 3.61. The molecule has 6 nitrogen and oxygen atoms in total. The number of halogens is 1. The predicted molar refractivity (Wildman–Crippen MR) is 135 cm³/mol. The molecule has 0 spiro atoms. The molecule has 0 unspecified atom stereocenters. The first-order valence-electron chi connectivity index (χ1n) is 10.9. The quantitative estimate of drug-likeness (QED) is 0.359. The van der Waals surface area contributed by atoms with Crippen LogP contribution in [0.1, 0.15) is 42.6 Å². The summed E-state index contributed by atoms with van der Waals surface area (Å²) < 4.78 is 0. The number of thiophene rings is 1. The third-order valence-electron chi connectivity index (χ3n) is 5.22. The number of hydrogen-bond donors (Lipinski definition) is 3. The number of rotatable bonds is 10. The largest absolute Gasteiger partial charge is 0.481 e. The zero-order valence-electron chi connectivity index (χ0n) is 19.0. The van der Waals surface area contributed by atoms with E-state index in [1.54, 1.807) is 41.7 Å². The SMILES string of the molecule is CC(C)(Cc1ccc(Cl)cc1)NC(=O)[C@H](CCC(=O)O)NC(=O)c1cccc(-c2cccs2)c1. The molecule has 1 aromatic heterocycles. The third-order valence-corrected chi connectivity index (χ3v) is 6.39. The number of carbonyl (C=O) groups is 3. The van der Waals surface area contributed by atoms with Crippen molar-refractivity contribution in [2.75, 3.05) is 0 Å². The molecule has 178 valence electrons. The highest BCUT2D eigenvalue weighted by atomic mass is 35.5. The zero-order valence-corrected chi connectivity index (χ0v) is 20.6. The van der Waals surface area contributed by atoms with Gasteiger partial charge >= 0.3 is 5.97 Å². The summed E-state index contributed by atoms with van der Waals surface area (Å²) in [6, 6.07) is 17.4. The van der Waals surface area contributed by atoms with Gasteiger partial charge in [0.25, 0.3) is 5.91 Å². The van der Waals surface area contributed by atoms with E-state index in [2.05, 4.69) is 10.6 Å². The maximum atomic E-state index is 13.1. The number of carboxylic acids is 1. The second kappa shape index (κ2) is 11.3. The van der Waals surface area contributed by atoms with E-state index in [1.165, 1.54) is 0 Å². The highest BCUT2D eigenvalue weighted by molar-refractivity contribution is 7.13. The molecule has 2 amide bonds. The van der Waals surface area contributed by atoms with Crippen molar-refractivity contribution in [3.05, 3.63) is 82.2 Å². The summed E-state index contributed by atoms with van der Waals surface area (Å²) >= 11 is 7.52. The maximum absolute atomic E-state index is 13.1. The molecular formula is C26H27ClN2O4S. The molecule has 0 aliphatic rings. The fraction of sp³-hybridized carbons (Fsp3) is 0.269. The van der Waals surface area contributed by atoms with E-state index in [0.29, 0.717) is 17.0 Å². The maximum Gasteiger partial charge on any atom is 0.303 e. The Morgan fingerprint density at radius 1 is 1.06 bits per heavy atom. The van der Waals surface area contributed by atoms with E-state index in [4.69, 9.17) is 16.7 Å². The lowest BCUT2D eigenvalue weighted by Crippen LogP contribution is -2.54. The molecule has 34 heavy (non-hydrogen) atoms. The summed E-state index contributed by atoms with van der Waals surface area (Å²) in [7, 11) is 0. The average molecular weight is 499 g/mol. The lowest BCUT2D eigenvalue weighted by molar-refractivity contribution is -0.137. The predicted octanol–water partition coefficient (Wildman–Crippen LogP) is 5.17. The second-order valence-electron chi connectivity index (χ2n) is 8.69. The number of hydrogen-bond acceptors (Lipinski definition) is 4. The third kappa shape index (κ3) is 7.43. The van der Waals surface area contributed by atoms with Crippen LogP contribution in [0, 0.1) is 0 Å². The number of carbonyl (C=O) groups excluding carboxylic acids is 2. The molecular weight excluding hydrogens is 472 g/mol. The Labute approximate surface area is 208 Å². The van der Waals surface area contributed by atoms with Gasteiger partial charge in [-0.1, -0.05) is 41.9 Å². The van der Waals surface area contributed by atoms with Gasteiger partial charge in [0.15, 0.2) is 0 Å². The van der Waals surface area contributed by atoms with Crippen LogP contribution in [0.4, 0.5) is 0 Å². The van der Waals surface area contributed by atoms with Crippen molar-refractivity contribution < 1.29 is 19.5 Å². The number of carboxylic acid groups (broad SMARTS) is 1. The van der Waals surface area contributed by atoms with Gasteiger partial charge in [-0.3, -0.25) is 14.4 Å². The smallest absolute Gasteiger partial charge is 0.303 e. The molecule has 0 radical (unpaired) electrons. The van der Waals surface area contributed by atoms with Gasteiger partial charge in [-0.25, -0.2) is 0 Å². The topological polar surface area (TPSA) is 95.5 Å². The van der Waals surface area contributed by atoms with E-state index in [1.807, 2.05) is 49.6 Å². The molecule has 3 rings (SSSR count). The molecule has 8 heteroatoms. The highest BCUT2D eigenvalue weighted by Crippen LogP contribution is 2.25. The van der Waals surface area contributed by atoms with E-state index in [-0.39, 0.29) is 12.8 Å². The van der Waals surface area contributed by atoms with Crippen LogP contribution >= 0.6 is 22.9 Å². The minimum Gasteiger partial charge on any atom is -0.481 e. The molecule has 0 aliphatic heterocycles. The molecule has 1 heterocycles. The van der Waals surface area contributed by atoms with Crippen molar-refractivity contribution in [3.63, 3.8) is 0 Å². The molecule has 1 atom stereocenters. The minimum absolute atomic E-state index is 0.0193. The molecule has 0 aliphatic carbocycles. The summed E-state index contributed by atoms with van der Waals surface area (Å²) in [6.45, 7) is 3.75. The van der Waals surface area contributed by atoms with E-state index in [9.17, 15) is 14.4 Å². The van der Waals surface area contributed by atoms with Crippen molar-refractivity contribution in [1.82, 2.24) is 10.6 Å². The summed E-state index contributed by atoms with van der Waals surface area (Å²) in [6.07, 6.45) is 0.276. The van der Waals surface area contributed by atoms with Crippen molar-refractivity contribution in [2.45, 2.75) is 44.7 Å². The summed E-state index contributed by atoms with van der Waals surface area (Å²) in [5, 5.41) is 17.4. The molecule has 2 aromatic carbocycles. The fourth-order valence-corrected chi connectivity index (χ4v) is 4.46. The molecule has 3 N–H and O–H groups in total. The Bertz CT molecular complexity index is 1140. The van der Waals surface area contributed by atoms with E-state index >= 15 is 0 Å². The van der Waals surface area contributed by atoms with Crippen LogP contribution in [-0.2, 0) is 16.0 Å². The number of benzene rings is 2. The van der Waals surface area contributed by atoms with Crippen molar-refractivity contribution >= 4 is 40.7 Å². The molecule has 0 fully saturated rings. The van der Waals surface area contributed by atoms with Crippen LogP contribution in [-0.4, -0.2) is 34.5 Å². The van der Waals surface area contributed by atoms with Gasteiger partial charge in [0.1, 0.15) is 6.04 Å². The second-order valence-corrected chi connectivity index (χ2v) is 10.1. The lowest BCUT2D eigenvalue weighted by atomic mass is 9.94. The first kappa shape index (κ1) is 25.5. The van der Waals surface area contributed by atoms with Crippen molar-refractivity contribution in [1.29, 1.82) is 0 Å². The van der Waals surface area contributed by atoms with Crippen LogP contribution in [0.15, 0.2) is 66.0 Å². The van der Waals surface area contributed by atoms with Crippen LogP contribution in [0.25, 0.3) is 10.4 Å². The molecule has 3 aromatic rings. The first-order valence-corrected chi connectivity index (χ1v) is 12.1. The van der Waals surface area contributed by atoms with Crippen LogP contribution in [0.5, 0.6) is 0 Å². The summed E-state index contributed by atoms with van der Waals surface area (Å²) in [5.41, 5.74) is 1.67. The van der Waals surface area contributed by atoms with Crippen LogP contribution in [0.2, 0.25) is 5.02 Å². The van der Waals surface area contributed by atoms with Gasteiger partial charge in [0.05, 0.1) is 0 Å². The standard InChI is InChI=1S/C26H27ClN2O4S/c1-26(2,16-17-8-10-20(27)11-9-17)29-25(33)21(12-13-23(30)31)28-24(32)19-6-3-5-18(15-19)22-7-4-14-34-22/h3-11,14-15,21H,12-13,16H2,1-2H3,(H,28,32)(H,29,33)(H,30,31)/t21-/m0/s1. The monoisotopic (exact) mass is 498 g/mol. The number of aliphatic carboxylic acids is 1. The van der Waals surface area contributed by atoms with Crippen LogP contribution < -0.4 is 10.6 Å². The van der Waals surface area contributed by atoms with Gasteiger partial charge in [-0.05, 0) is 73.5 Å².